The highest BCUT2D eigenvalue weighted by molar-refractivity contribution is 7.89. The van der Waals surface area contributed by atoms with Gasteiger partial charge in [-0.05, 0) is 49.2 Å². The smallest absolute Gasteiger partial charge is 0.262 e. The van der Waals surface area contributed by atoms with E-state index in [9.17, 15) is 13.2 Å². The fraction of sp³-hybridized carbons (Fsp3) is 0.350. The van der Waals surface area contributed by atoms with Crippen LogP contribution in [-0.2, 0) is 14.8 Å². The number of rotatable bonds is 10. The molecule has 0 atom stereocenters. The third kappa shape index (κ3) is 6.10. The summed E-state index contributed by atoms with van der Waals surface area (Å²) in [5.41, 5.74) is 1.15. The van der Waals surface area contributed by atoms with E-state index in [1.165, 1.54) is 26.4 Å². The summed E-state index contributed by atoms with van der Waals surface area (Å²) in [5.74, 6) is 1.12. The van der Waals surface area contributed by atoms with E-state index in [-0.39, 0.29) is 17.4 Å². The van der Waals surface area contributed by atoms with Crippen LogP contribution in [0.25, 0.3) is 0 Å². The molecule has 0 unspecified atom stereocenters. The van der Waals surface area contributed by atoms with Gasteiger partial charge in [-0.1, -0.05) is 6.92 Å². The van der Waals surface area contributed by atoms with Crippen molar-refractivity contribution >= 4 is 21.6 Å². The molecule has 0 aromatic heterocycles. The second-order valence-electron chi connectivity index (χ2n) is 6.23. The van der Waals surface area contributed by atoms with Crippen molar-refractivity contribution in [2.75, 3.05) is 32.7 Å². The summed E-state index contributed by atoms with van der Waals surface area (Å²) in [4.78, 5) is 12.3. The molecule has 0 aliphatic heterocycles. The first-order valence-corrected chi connectivity index (χ1v) is 10.5. The Labute approximate surface area is 171 Å². The van der Waals surface area contributed by atoms with E-state index in [1.807, 2.05) is 6.92 Å². The molecule has 1 amide bonds. The molecule has 2 aromatic rings. The topological polar surface area (TPSA) is 103 Å². The highest BCUT2D eigenvalue weighted by atomic mass is 32.2. The standard InChI is InChI=1S/C20H26N2O6S/c1-5-10-21-29(24,25)16-7-9-17(14(2)11-16)28-13-20(23)22-15-6-8-18(26-3)19(12-15)27-4/h6-9,11-12,21H,5,10,13H2,1-4H3,(H,22,23). The summed E-state index contributed by atoms with van der Waals surface area (Å²) in [6.07, 6.45) is 0.703. The maximum absolute atomic E-state index is 12.2. The van der Waals surface area contributed by atoms with E-state index in [2.05, 4.69) is 10.0 Å². The van der Waals surface area contributed by atoms with Crippen LogP contribution in [0.2, 0.25) is 0 Å². The number of hydrogen-bond acceptors (Lipinski definition) is 6. The van der Waals surface area contributed by atoms with Gasteiger partial charge >= 0.3 is 0 Å². The van der Waals surface area contributed by atoms with Crippen molar-refractivity contribution in [2.24, 2.45) is 0 Å². The predicted octanol–water partition coefficient (Wildman–Crippen LogP) is 2.72. The van der Waals surface area contributed by atoms with Gasteiger partial charge in [0.15, 0.2) is 18.1 Å². The van der Waals surface area contributed by atoms with E-state index in [1.54, 1.807) is 31.2 Å². The van der Waals surface area contributed by atoms with Crippen molar-refractivity contribution in [3.63, 3.8) is 0 Å². The molecule has 0 aliphatic rings. The van der Waals surface area contributed by atoms with Gasteiger partial charge in [-0.25, -0.2) is 13.1 Å². The average molecular weight is 423 g/mol. The van der Waals surface area contributed by atoms with Crippen LogP contribution in [0.4, 0.5) is 5.69 Å². The number of ether oxygens (including phenoxy) is 3. The van der Waals surface area contributed by atoms with Gasteiger partial charge < -0.3 is 19.5 Å². The minimum atomic E-state index is -3.55. The van der Waals surface area contributed by atoms with Crippen LogP contribution in [-0.4, -0.2) is 41.7 Å². The first kappa shape index (κ1) is 22.5. The Morgan fingerprint density at radius 2 is 1.69 bits per heavy atom. The molecule has 158 valence electrons. The highest BCUT2D eigenvalue weighted by Crippen LogP contribution is 2.29. The molecule has 29 heavy (non-hydrogen) atoms. The van der Waals surface area contributed by atoms with Crippen molar-refractivity contribution in [1.29, 1.82) is 0 Å². The van der Waals surface area contributed by atoms with Crippen LogP contribution >= 0.6 is 0 Å². The molecular formula is C20H26N2O6S. The second kappa shape index (κ2) is 10.1. The predicted molar refractivity (Wildman–Crippen MR) is 110 cm³/mol. The monoisotopic (exact) mass is 422 g/mol. The molecule has 0 spiro atoms. The Kier molecular flexibility index (Phi) is 7.86. The van der Waals surface area contributed by atoms with Gasteiger partial charge in [-0.2, -0.15) is 0 Å². The average Bonchev–Trinajstić information content (AvgIpc) is 2.71. The van der Waals surface area contributed by atoms with E-state index in [0.29, 0.717) is 41.5 Å². The molecule has 8 nitrogen and oxygen atoms in total. The third-order valence-corrected chi connectivity index (χ3v) is 5.48. The quantitative estimate of drug-likeness (QED) is 0.610. The van der Waals surface area contributed by atoms with Crippen LogP contribution in [0, 0.1) is 6.92 Å². The minimum absolute atomic E-state index is 0.158. The molecule has 0 fully saturated rings. The van der Waals surface area contributed by atoms with E-state index in [4.69, 9.17) is 14.2 Å². The zero-order valence-electron chi connectivity index (χ0n) is 16.9. The first-order valence-electron chi connectivity index (χ1n) is 9.05. The first-order chi connectivity index (χ1) is 13.8. The second-order valence-corrected chi connectivity index (χ2v) is 8.00. The molecule has 0 aliphatic carbocycles. The zero-order chi connectivity index (χ0) is 21.4. The van der Waals surface area contributed by atoms with Gasteiger partial charge in [-0.15, -0.1) is 0 Å². The van der Waals surface area contributed by atoms with Gasteiger partial charge in [0.25, 0.3) is 5.91 Å². The van der Waals surface area contributed by atoms with Gasteiger partial charge in [0.1, 0.15) is 5.75 Å². The molecule has 0 bridgehead atoms. The lowest BCUT2D eigenvalue weighted by Gasteiger charge is -2.13. The van der Waals surface area contributed by atoms with E-state index < -0.39 is 10.0 Å². The summed E-state index contributed by atoms with van der Waals surface area (Å²) in [5, 5.41) is 2.71. The fourth-order valence-electron chi connectivity index (χ4n) is 2.53. The van der Waals surface area contributed by atoms with Gasteiger partial charge in [0.05, 0.1) is 19.1 Å². The Morgan fingerprint density at radius 3 is 2.31 bits per heavy atom. The summed E-state index contributed by atoms with van der Waals surface area (Å²) in [6.45, 7) is 3.75. The van der Waals surface area contributed by atoms with Crippen LogP contribution < -0.4 is 24.2 Å². The summed E-state index contributed by atoms with van der Waals surface area (Å²) in [6, 6.07) is 9.52. The van der Waals surface area contributed by atoms with E-state index >= 15 is 0 Å². The van der Waals surface area contributed by atoms with Crippen LogP contribution in [0.15, 0.2) is 41.3 Å². The zero-order valence-corrected chi connectivity index (χ0v) is 17.8. The molecule has 0 heterocycles. The Balaban J connectivity index is 2.00. The summed E-state index contributed by atoms with van der Waals surface area (Å²) < 4.78 is 42.8. The Morgan fingerprint density at radius 1 is 1.00 bits per heavy atom. The lowest BCUT2D eigenvalue weighted by atomic mass is 10.2. The van der Waals surface area contributed by atoms with E-state index in [0.717, 1.165) is 0 Å². The van der Waals surface area contributed by atoms with Crippen molar-refractivity contribution in [2.45, 2.75) is 25.2 Å². The number of methoxy groups -OCH3 is 2. The molecule has 2 rings (SSSR count). The number of carbonyl (C=O) groups is 1. The molecule has 0 radical (unpaired) electrons. The number of anilines is 1. The lowest BCUT2D eigenvalue weighted by molar-refractivity contribution is -0.118. The number of carbonyl (C=O) groups excluding carboxylic acids is 1. The van der Waals surface area contributed by atoms with Gasteiger partial charge in [0.2, 0.25) is 10.0 Å². The minimum Gasteiger partial charge on any atom is -0.493 e. The summed E-state index contributed by atoms with van der Waals surface area (Å²) in [7, 11) is -0.512. The fourth-order valence-corrected chi connectivity index (χ4v) is 3.74. The Bertz CT molecular complexity index is 959. The van der Waals surface area contributed by atoms with Crippen molar-refractivity contribution in [1.82, 2.24) is 4.72 Å². The molecule has 2 N–H and O–H groups in total. The highest BCUT2D eigenvalue weighted by Gasteiger charge is 2.15. The molecule has 0 saturated heterocycles. The molecule has 0 saturated carbocycles. The van der Waals surface area contributed by atoms with Gasteiger partial charge in [0, 0.05) is 18.3 Å². The number of benzene rings is 2. The summed E-state index contributed by atoms with van der Waals surface area (Å²) >= 11 is 0. The molecule has 9 heteroatoms. The number of aryl methyl sites for hydroxylation is 1. The Hall–Kier alpha value is -2.78. The van der Waals surface area contributed by atoms with Crippen molar-refractivity contribution in [3.8, 4) is 17.2 Å². The van der Waals surface area contributed by atoms with Crippen molar-refractivity contribution in [3.05, 3.63) is 42.0 Å². The normalized spacial score (nSPS) is 11.0. The molecule has 2 aromatic carbocycles. The lowest BCUT2D eigenvalue weighted by Crippen LogP contribution is -2.24. The SMILES string of the molecule is CCCNS(=O)(=O)c1ccc(OCC(=O)Nc2ccc(OC)c(OC)c2)c(C)c1. The van der Waals surface area contributed by atoms with Gasteiger partial charge in [-0.3, -0.25) is 4.79 Å². The number of amides is 1. The maximum Gasteiger partial charge on any atom is 0.262 e. The van der Waals surface area contributed by atoms with Crippen LogP contribution in [0.1, 0.15) is 18.9 Å². The largest absolute Gasteiger partial charge is 0.493 e. The third-order valence-electron chi connectivity index (χ3n) is 4.02. The number of nitrogens with one attached hydrogen (secondary N) is 2. The van der Waals surface area contributed by atoms with Crippen molar-refractivity contribution < 1.29 is 27.4 Å². The van der Waals surface area contributed by atoms with Crippen LogP contribution in [0.5, 0.6) is 17.2 Å². The maximum atomic E-state index is 12.2. The number of hydrogen-bond donors (Lipinski definition) is 2. The molecular weight excluding hydrogens is 396 g/mol. The number of sulfonamides is 1. The van der Waals surface area contributed by atoms with Crippen LogP contribution in [0.3, 0.4) is 0 Å².